The third kappa shape index (κ3) is 5.16. The third-order valence-corrected chi connectivity index (χ3v) is 3.76. The number of benzene rings is 1. The molecule has 1 rings (SSSR count). The maximum atomic E-state index is 12.4. The van der Waals surface area contributed by atoms with E-state index in [1.165, 1.54) is 4.90 Å². The average molecular weight is 323 g/mol. The normalized spacial score (nSPS) is 13.1. The molecule has 1 aromatic carbocycles. The zero-order chi connectivity index (χ0) is 17.6. The summed E-state index contributed by atoms with van der Waals surface area (Å²) >= 11 is 0. The van der Waals surface area contributed by atoms with Crippen LogP contribution in [0.15, 0.2) is 18.2 Å². The summed E-state index contributed by atoms with van der Waals surface area (Å²) in [5.74, 6) is -0.554. The van der Waals surface area contributed by atoms with Gasteiger partial charge in [-0.3, -0.25) is 9.59 Å². The second-order valence-electron chi connectivity index (χ2n) is 5.75. The van der Waals surface area contributed by atoms with Crippen molar-refractivity contribution < 1.29 is 24.2 Å². The Hall–Kier alpha value is -2.24. The SMILES string of the molecule is COc1ccc(CC(C)C(=O)N(C)CC(C)C(=O)O)cc1OC. The van der Waals surface area contributed by atoms with Gasteiger partial charge in [-0.2, -0.15) is 0 Å². The molecule has 0 heterocycles. The Morgan fingerprint density at radius 3 is 2.26 bits per heavy atom. The number of carbonyl (C=O) groups excluding carboxylic acids is 1. The lowest BCUT2D eigenvalue weighted by molar-refractivity contribution is -0.143. The fourth-order valence-electron chi connectivity index (χ4n) is 2.40. The molecule has 0 saturated heterocycles. The summed E-state index contributed by atoms with van der Waals surface area (Å²) < 4.78 is 10.5. The number of ether oxygens (including phenoxy) is 2. The number of hydrogen-bond donors (Lipinski definition) is 1. The Balaban J connectivity index is 2.73. The first-order chi connectivity index (χ1) is 10.8. The van der Waals surface area contributed by atoms with E-state index in [0.717, 1.165) is 5.56 Å². The van der Waals surface area contributed by atoms with Crippen LogP contribution in [0.3, 0.4) is 0 Å². The highest BCUT2D eigenvalue weighted by molar-refractivity contribution is 5.79. The smallest absolute Gasteiger partial charge is 0.308 e. The highest BCUT2D eigenvalue weighted by Crippen LogP contribution is 2.28. The van der Waals surface area contributed by atoms with Crippen molar-refractivity contribution in [2.75, 3.05) is 27.8 Å². The summed E-state index contributed by atoms with van der Waals surface area (Å²) in [5, 5.41) is 8.93. The highest BCUT2D eigenvalue weighted by Gasteiger charge is 2.22. The number of amides is 1. The third-order valence-electron chi connectivity index (χ3n) is 3.76. The molecule has 0 saturated carbocycles. The maximum Gasteiger partial charge on any atom is 0.308 e. The standard InChI is InChI=1S/C17H25NO5/c1-11(16(19)18(3)10-12(2)17(20)21)8-13-6-7-14(22-4)15(9-13)23-5/h6-7,9,11-12H,8,10H2,1-5H3,(H,20,21). The molecule has 0 radical (unpaired) electrons. The highest BCUT2D eigenvalue weighted by atomic mass is 16.5. The molecule has 1 N–H and O–H groups in total. The monoisotopic (exact) mass is 323 g/mol. The number of nitrogens with zero attached hydrogens (tertiary/aromatic N) is 1. The van der Waals surface area contributed by atoms with Crippen LogP contribution in [0.2, 0.25) is 0 Å². The fraction of sp³-hybridized carbons (Fsp3) is 0.529. The van der Waals surface area contributed by atoms with Crippen molar-refractivity contribution >= 4 is 11.9 Å². The summed E-state index contributed by atoms with van der Waals surface area (Å²) in [6.45, 7) is 3.62. The zero-order valence-electron chi connectivity index (χ0n) is 14.3. The van der Waals surface area contributed by atoms with Crippen LogP contribution in [0.4, 0.5) is 0 Å². The minimum atomic E-state index is -0.905. The van der Waals surface area contributed by atoms with Crippen LogP contribution in [0.1, 0.15) is 19.4 Å². The molecule has 2 unspecified atom stereocenters. The summed E-state index contributed by atoms with van der Waals surface area (Å²) in [6.07, 6.45) is 0.547. The Morgan fingerprint density at radius 2 is 1.74 bits per heavy atom. The van der Waals surface area contributed by atoms with E-state index in [9.17, 15) is 9.59 Å². The Labute approximate surface area is 137 Å². The van der Waals surface area contributed by atoms with E-state index in [1.807, 2.05) is 25.1 Å². The van der Waals surface area contributed by atoms with E-state index in [0.29, 0.717) is 17.9 Å². The lowest BCUT2D eigenvalue weighted by Gasteiger charge is -2.23. The molecule has 1 amide bonds. The first-order valence-electron chi connectivity index (χ1n) is 7.48. The van der Waals surface area contributed by atoms with Gasteiger partial charge in [-0.1, -0.05) is 19.9 Å². The van der Waals surface area contributed by atoms with Gasteiger partial charge in [0, 0.05) is 19.5 Å². The van der Waals surface area contributed by atoms with Crippen LogP contribution in [0.5, 0.6) is 11.5 Å². The van der Waals surface area contributed by atoms with Gasteiger partial charge in [0.1, 0.15) is 0 Å². The van der Waals surface area contributed by atoms with Gasteiger partial charge in [0.25, 0.3) is 0 Å². The van der Waals surface area contributed by atoms with Gasteiger partial charge >= 0.3 is 5.97 Å². The summed E-state index contributed by atoms with van der Waals surface area (Å²) in [4.78, 5) is 24.7. The predicted octanol–water partition coefficient (Wildman–Crippen LogP) is 2.06. The van der Waals surface area contributed by atoms with Crippen molar-refractivity contribution in [1.82, 2.24) is 4.90 Å². The molecule has 0 fully saturated rings. The Kier molecular flexibility index (Phi) is 6.88. The largest absolute Gasteiger partial charge is 0.493 e. The van der Waals surface area contributed by atoms with Gasteiger partial charge in [-0.15, -0.1) is 0 Å². The van der Waals surface area contributed by atoms with Gasteiger partial charge < -0.3 is 19.5 Å². The number of carboxylic acid groups (broad SMARTS) is 1. The molecule has 6 heteroatoms. The van der Waals surface area contributed by atoms with E-state index in [-0.39, 0.29) is 18.4 Å². The predicted molar refractivity (Wildman–Crippen MR) is 86.9 cm³/mol. The van der Waals surface area contributed by atoms with Crippen LogP contribution < -0.4 is 9.47 Å². The molecule has 0 aromatic heterocycles. The molecule has 0 aliphatic rings. The first-order valence-corrected chi connectivity index (χ1v) is 7.48. The topological polar surface area (TPSA) is 76.1 Å². The van der Waals surface area contributed by atoms with Crippen molar-refractivity contribution in [3.05, 3.63) is 23.8 Å². The summed E-state index contributed by atoms with van der Waals surface area (Å²) in [6, 6.07) is 5.55. The van der Waals surface area contributed by atoms with E-state index in [4.69, 9.17) is 14.6 Å². The van der Waals surface area contributed by atoms with Gasteiger partial charge in [-0.05, 0) is 24.1 Å². The molecular weight excluding hydrogens is 298 g/mol. The van der Waals surface area contributed by atoms with E-state index >= 15 is 0 Å². The van der Waals surface area contributed by atoms with Gasteiger partial charge in [-0.25, -0.2) is 0 Å². The number of hydrogen-bond acceptors (Lipinski definition) is 4. The summed E-state index contributed by atoms with van der Waals surface area (Å²) in [7, 11) is 4.77. The van der Waals surface area contributed by atoms with Gasteiger partial charge in [0.05, 0.1) is 20.1 Å². The lowest BCUT2D eigenvalue weighted by Crippen LogP contribution is -2.37. The van der Waals surface area contributed by atoms with Crippen LogP contribution in [0.25, 0.3) is 0 Å². The minimum absolute atomic E-state index is 0.0760. The van der Waals surface area contributed by atoms with Crippen LogP contribution in [-0.4, -0.2) is 49.7 Å². The molecule has 2 atom stereocenters. The molecule has 0 spiro atoms. The fourth-order valence-corrected chi connectivity index (χ4v) is 2.40. The van der Waals surface area contributed by atoms with Crippen molar-refractivity contribution in [2.24, 2.45) is 11.8 Å². The maximum absolute atomic E-state index is 12.4. The molecular formula is C17H25NO5. The van der Waals surface area contributed by atoms with Gasteiger partial charge in [0.2, 0.25) is 5.91 Å². The molecule has 0 aliphatic heterocycles. The number of methoxy groups -OCH3 is 2. The van der Waals surface area contributed by atoms with Gasteiger partial charge in [0.15, 0.2) is 11.5 Å². The minimum Gasteiger partial charge on any atom is -0.493 e. The van der Waals surface area contributed by atoms with E-state index < -0.39 is 11.9 Å². The number of carboxylic acids is 1. The molecule has 0 bridgehead atoms. The number of carbonyl (C=O) groups is 2. The molecule has 0 aliphatic carbocycles. The molecule has 1 aromatic rings. The molecule has 128 valence electrons. The first kappa shape index (κ1) is 18.8. The van der Waals surface area contributed by atoms with Crippen LogP contribution in [0, 0.1) is 11.8 Å². The van der Waals surface area contributed by atoms with Crippen LogP contribution >= 0.6 is 0 Å². The zero-order valence-corrected chi connectivity index (χ0v) is 14.3. The quantitative estimate of drug-likeness (QED) is 0.792. The molecule has 6 nitrogen and oxygen atoms in total. The average Bonchev–Trinajstić information content (AvgIpc) is 2.53. The van der Waals surface area contributed by atoms with Crippen LogP contribution in [-0.2, 0) is 16.0 Å². The molecule has 23 heavy (non-hydrogen) atoms. The van der Waals surface area contributed by atoms with Crippen molar-refractivity contribution in [2.45, 2.75) is 20.3 Å². The Morgan fingerprint density at radius 1 is 1.13 bits per heavy atom. The second kappa shape index (κ2) is 8.41. The van der Waals surface area contributed by atoms with Crippen molar-refractivity contribution in [3.63, 3.8) is 0 Å². The van der Waals surface area contributed by atoms with E-state index in [1.54, 1.807) is 28.2 Å². The number of aliphatic carboxylic acids is 1. The Bertz CT molecular complexity index is 558. The second-order valence-corrected chi connectivity index (χ2v) is 5.75. The van der Waals surface area contributed by atoms with Crippen molar-refractivity contribution in [1.29, 1.82) is 0 Å². The summed E-state index contributed by atoms with van der Waals surface area (Å²) in [5.41, 5.74) is 0.961. The number of rotatable bonds is 8. The lowest BCUT2D eigenvalue weighted by atomic mass is 9.99. The van der Waals surface area contributed by atoms with Crippen molar-refractivity contribution in [3.8, 4) is 11.5 Å². The van der Waals surface area contributed by atoms with E-state index in [2.05, 4.69) is 0 Å².